The van der Waals surface area contributed by atoms with Crippen molar-refractivity contribution in [2.24, 2.45) is 0 Å². The van der Waals surface area contributed by atoms with Crippen LogP contribution in [-0.4, -0.2) is 115 Å². The van der Waals surface area contributed by atoms with Crippen molar-refractivity contribution in [2.75, 3.05) is 13.2 Å². The van der Waals surface area contributed by atoms with Crippen LogP contribution in [0.1, 0.15) is 48.5 Å². The first-order chi connectivity index (χ1) is 20.5. The number of halogens is 1. The zero-order valence-electron chi connectivity index (χ0n) is 25.0. The maximum absolute atomic E-state index is 12.2. The molecule has 248 valence electrons. The molecular formula is C26H35BrO17. The van der Waals surface area contributed by atoms with Gasteiger partial charge in [-0.15, -0.1) is 0 Å². The Kier molecular flexibility index (Phi) is 13.9. The predicted molar refractivity (Wildman–Crippen MR) is 142 cm³/mol. The van der Waals surface area contributed by atoms with Crippen molar-refractivity contribution in [1.82, 2.24) is 0 Å². The number of hydrogen-bond acceptors (Lipinski definition) is 17. The minimum atomic E-state index is -1.70. The summed E-state index contributed by atoms with van der Waals surface area (Å²) in [6.07, 6.45) is -13.1. The highest BCUT2D eigenvalue weighted by Crippen LogP contribution is 2.36. The van der Waals surface area contributed by atoms with Crippen LogP contribution in [0.25, 0.3) is 0 Å². The van der Waals surface area contributed by atoms with Gasteiger partial charge in [-0.25, -0.2) is 0 Å². The van der Waals surface area contributed by atoms with Gasteiger partial charge < -0.3 is 47.4 Å². The fraction of sp³-hybridized carbons (Fsp3) is 0.731. The summed E-state index contributed by atoms with van der Waals surface area (Å²) in [5.74, 6) is -5.56. The largest absolute Gasteiger partial charge is 0.463 e. The van der Waals surface area contributed by atoms with Gasteiger partial charge in [0.25, 0.3) is 0 Å². The summed E-state index contributed by atoms with van der Waals surface area (Å²) in [6, 6.07) is 0. The minimum Gasteiger partial charge on any atom is -0.463 e. The molecule has 0 bridgehead atoms. The lowest BCUT2D eigenvalue weighted by atomic mass is 9.97. The van der Waals surface area contributed by atoms with Gasteiger partial charge in [0.1, 0.15) is 42.5 Å². The smallest absolute Gasteiger partial charge is 0.304 e. The van der Waals surface area contributed by atoms with E-state index >= 15 is 0 Å². The second kappa shape index (κ2) is 16.6. The molecule has 0 saturated carbocycles. The molecule has 2 saturated heterocycles. The Morgan fingerprint density at radius 1 is 0.477 bits per heavy atom. The molecule has 0 aromatic rings. The molecule has 2 aliphatic heterocycles. The van der Waals surface area contributed by atoms with Gasteiger partial charge in [0.15, 0.2) is 24.6 Å². The Hall–Kier alpha value is -3.35. The highest BCUT2D eigenvalue weighted by Gasteiger charge is 2.56. The number of ether oxygens (including phenoxy) is 10. The van der Waals surface area contributed by atoms with Crippen LogP contribution in [0.3, 0.4) is 0 Å². The Bertz CT molecular complexity index is 1090. The van der Waals surface area contributed by atoms with Crippen molar-refractivity contribution in [3.8, 4) is 0 Å². The third kappa shape index (κ3) is 11.0. The summed E-state index contributed by atoms with van der Waals surface area (Å²) < 4.78 is 55.0. The van der Waals surface area contributed by atoms with Crippen LogP contribution in [-0.2, 0) is 80.9 Å². The van der Waals surface area contributed by atoms with E-state index in [1.165, 1.54) is 0 Å². The number of carbonyl (C=O) groups excluding carboxylic acids is 7. The predicted octanol–water partition coefficient (Wildman–Crippen LogP) is 0.00100. The number of hydrogen-bond donors (Lipinski definition) is 0. The van der Waals surface area contributed by atoms with Gasteiger partial charge in [-0.2, -0.15) is 0 Å². The van der Waals surface area contributed by atoms with Gasteiger partial charge in [-0.05, 0) is 0 Å². The van der Waals surface area contributed by atoms with Crippen LogP contribution in [0.15, 0.2) is 0 Å². The van der Waals surface area contributed by atoms with E-state index in [0.29, 0.717) is 0 Å². The van der Waals surface area contributed by atoms with E-state index in [0.717, 1.165) is 48.5 Å². The first kappa shape index (κ1) is 36.8. The lowest BCUT2D eigenvalue weighted by molar-refractivity contribution is -0.343. The molecule has 2 fully saturated rings. The molecule has 10 atom stereocenters. The third-order valence-electron chi connectivity index (χ3n) is 5.85. The molecule has 2 aliphatic rings. The highest BCUT2D eigenvalue weighted by atomic mass is 79.9. The van der Waals surface area contributed by atoms with Crippen molar-refractivity contribution in [2.45, 2.75) is 109 Å². The van der Waals surface area contributed by atoms with E-state index in [-0.39, 0.29) is 0 Å². The molecule has 0 spiro atoms. The average molecular weight is 699 g/mol. The number of alkyl halides is 1. The standard InChI is InChI=1S/C26H35BrO17/c1-10(28)35-8-17-20(22(38-13(4)31)19(27)25(42-17)41-16(7)34)44-26-24(40-15(6)33)23(39-14(5)32)21(37-12(3)30)18(43-26)9-36-11(2)29/h17-26H,8-9H2,1-7H3/t17-,18-,19+,20-,21+,22-,23+,24-,25?,26+/m1/s1. The lowest BCUT2D eigenvalue weighted by Gasteiger charge is -2.48. The Labute approximate surface area is 260 Å². The van der Waals surface area contributed by atoms with Crippen molar-refractivity contribution in [1.29, 1.82) is 0 Å². The van der Waals surface area contributed by atoms with Crippen molar-refractivity contribution >= 4 is 57.7 Å². The summed E-state index contributed by atoms with van der Waals surface area (Å²) in [6.45, 7) is 6.58. The van der Waals surface area contributed by atoms with E-state index in [2.05, 4.69) is 15.9 Å². The summed E-state index contributed by atoms with van der Waals surface area (Å²) in [5, 5.41) is 0. The first-order valence-corrected chi connectivity index (χ1v) is 14.1. The molecule has 18 heteroatoms. The number of rotatable bonds is 11. The quantitative estimate of drug-likeness (QED) is 0.158. The average Bonchev–Trinajstić information content (AvgIpc) is 2.87. The summed E-state index contributed by atoms with van der Waals surface area (Å²) in [7, 11) is 0. The van der Waals surface area contributed by atoms with Crippen LogP contribution in [0, 0.1) is 0 Å². The topological polar surface area (TPSA) is 212 Å². The molecule has 0 amide bonds. The fourth-order valence-corrected chi connectivity index (χ4v) is 5.05. The Morgan fingerprint density at radius 3 is 1.32 bits per heavy atom. The maximum Gasteiger partial charge on any atom is 0.304 e. The number of esters is 7. The highest BCUT2D eigenvalue weighted by molar-refractivity contribution is 9.09. The molecular weight excluding hydrogens is 664 g/mol. The Balaban J connectivity index is 2.63. The zero-order valence-corrected chi connectivity index (χ0v) is 26.6. The van der Waals surface area contributed by atoms with Crippen LogP contribution in [0.5, 0.6) is 0 Å². The maximum atomic E-state index is 12.2. The van der Waals surface area contributed by atoms with Gasteiger partial charge in [-0.3, -0.25) is 33.6 Å². The normalized spacial score (nSPS) is 31.5. The Morgan fingerprint density at radius 2 is 0.864 bits per heavy atom. The molecule has 0 radical (unpaired) electrons. The van der Waals surface area contributed by atoms with Crippen LogP contribution < -0.4 is 0 Å². The second-order valence-electron chi connectivity index (χ2n) is 9.64. The second-order valence-corrected chi connectivity index (χ2v) is 10.7. The summed E-state index contributed by atoms with van der Waals surface area (Å²) >= 11 is 3.30. The van der Waals surface area contributed by atoms with E-state index in [4.69, 9.17) is 47.4 Å². The molecule has 0 aromatic carbocycles. The summed E-state index contributed by atoms with van der Waals surface area (Å²) in [5.41, 5.74) is 0. The minimum absolute atomic E-state index is 0.499. The van der Waals surface area contributed by atoms with E-state index < -0.39 is 115 Å². The number of carbonyl (C=O) groups is 7. The third-order valence-corrected chi connectivity index (χ3v) is 6.80. The first-order valence-electron chi connectivity index (χ1n) is 13.2. The molecule has 17 nitrogen and oxygen atoms in total. The van der Waals surface area contributed by atoms with E-state index in [1.54, 1.807) is 0 Å². The molecule has 44 heavy (non-hydrogen) atoms. The van der Waals surface area contributed by atoms with E-state index in [9.17, 15) is 33.6 Å². The van der Waals surface area contributed by atoms with Gasteiger partial charge in [0.05, 0.1) is 0 Å². The summed E-state index contributed by atoms with van der Waals surface area (Å²) in [4.78, 5) is 82.5. The van der Waals surface area contributed by atoms with Gasteiger partial charge in [0.2, 0.25) is 6.29 Å². The SMILES string of the molecule is CC(=O)OC[C@H]1O[C@@H](O[C@H]2[C@H](OC(C)=O)[C@H](Br)C(OC(C)=O)O[C@@H]2COC(C)=O)[C@H](OC(C)=O)[C@@H](OC(C)=O)[C@H]1OC(C)=O. The van der Waals surface area contributed by atoms with Crippen molar-refractivity contribution in [3.63, 3.8) is 0 Å². The van der Waals surface area contributed by atoms with Crippen LogP contribution >= 0.6 is 15.9 Å². The van der Waals surface area contributed by atoms with Crippen molar-refractivity contribution in [3.05, 3.63) is 0 Å². The molecule has 1 unspecified atom stereocenters. The van der Waals surface area contributed by atoms with Gasteiger partial charge >= 0.3 is 41.8 Å². The molecule has 0 N–H and O–H groups in total. The van der Waals surface area contributed by atoms with Crippen molar-refractivity contribution < 1.29 is 80.9 Å². The monoisotopic (exact) mass is 698 g/mol. The van der Waals surface area contributed by atoms with Gasteiger partial charge in [-0.1, -0.05) is 15.9 Å². The molecule has 2 rings (SSSR count). The lowest BCUT2D eigenvalue weighted by Crippen LogP contribution is -2.66. The van der Waals surface area contributed by atoms with Crippen LogP contribution in [0.4, 0.5) is 0 Å². The van der Waals surface area contributed by atoms with Crippen LogP contribution in [0.2, 0.25) is 0 Å². The zero-order chi connectivity index (χ0) is 33.3. The van der Waals surface area contributed by atoms with Gasteiger partial charge in [0, 0.05) is 48.5 Å². The van der Waals surface area contributed by atoms with E-state index in [1.807, 2.05) is 0 Å². The molecule has 2 heterocycles. The molecule has 0 aliphatic carbocycles. The fourth-order valence-electron chi connectivity index (χ4n) is 4.40. The molecule has 0 aromatic heterocycles.